The van der Waals surface area contributed by atoms with E-state index in [-0.39, 0.29) is 4.90 Å². The monoisotopic (exact) mass is 432 g/mol. The van der Waals surface area contributed by atoms with Crippen LogP contribution in [0.15, 0.2) is 47.4 Å². The Morgan fingerprint density at radius 1 is 0.967 bits per heavy atom. The summed E-state index contributed by atoms with van der Waals surface area (Å²) in [6.45, 7) is 4.03. The van der Waals surface area contributed by atoms with Gasteiger partial charge in [0.15, 0.2) is 11.5 Å². The topological polar surface area (TPSA) is 68.3 Å². The van der Waals surface area contributed by atoms with E-state index in [9.17, 15) is 8.42 Å². The van der Waals surface area contributed by atoms with Gasteiger partial charge >= 0.3 is 0 Å². The number of nitrogens with zero attached hydrogens (tertiary/aromatic N) is 2. The third-order valence-electron chi connectivity index (χ3n) is 5.53. The van der Waals surface area contributed by atoms with E-state index in [1.165, 1.54) is 10.7 Å². The maximum Gasteiger partial charge on any atom is 0.264 e. The molecule has 0 unspecified atom stereocenters. The lowest BCUT2D eigenvalue weighted by molar-refractivity contribution is 0.171. The van der Waals surface area contributed by atoms with E-state index < -0.39 is 10.0 Å². The minimum atomic E-state index is -3.75. The van der Waals surface area contributed by atoms with E-state index in [2.05, 4.69) is 4.90 Å². The lowest BCUT2D eigenvalue weighted by Crippen LogP contribution is -2.40. The van der Waals surface area contributed by atoms with Gasteiger partial charge in [-0.15, -0.1) is 0 Å². The van der Waals surface area contributed by atoms with E-state index in [1.54, 1.807) is 49.6 Å². The molecule has 0 saturated carbocycles. The molecule has 0 aliphatic carbocycles. The normalized spacial score (nSPS) is 16.8. The highest BCUT2D eigenvalue weighted by molar-refractivity contribution is 7.92. The molecule has 0 spiro atoms. The number of piperidine rings is 1. The molecular formula is C22H28N2O5S. The number of sulfonamides is 1. The van der Waals surface area contributed by atoms with Gasteiger partial charge in [0.25, 0.3) is 10.0 Å². The molecule has 0 amide bonds. The van der Waals surface area contributed by atoms with E-state index in [0.717, 1.165) is 25.9 Å². The van der Waals surface area contributed by atoms with Crippen LogP contribution in [0.25, 0.3) is 0 Å². The number of methoxy groups -OCH3 is 1. The van der Waals surface area contributed by atoms with Crippen LogP contribution in [0.4, 0.5) is 5.69 Å². The second-order valence-corrected chi connectivity index (χ2v) is 9.35. The molecule has 2 aromatic rings. The molecular weight excluding hydrogens is 404 g/mol. The van der Waals surface area contributed by atoms with Crippen LogP contribution in [-0.2, 0) is 10.0 Å². The average molecular weight is 433 g/mol. The Morgan fingerprint density at radius 2 is 1.67 bits per heavy atom. The van der Waals surface area contributed by atoms with Gasteiger partial charge in [0.05, 0.1) is 17.7 Å². The molecule has 8 heteroatoms. The van der Waals surface area contributed by atoms with Crippen molar-refractivity contribution < 1.29 is 22.6 Å². The number of rotatable bonds is 7. The first-order valence-corrected chi connectivity index (χ1v) is 11.8. The maximum absolute atomic E-state index is 13.6. The Hall–Kier alpha value is -2.45. The van der Waals surface area contributed by atoms with Gasteiger partial charge in [-0.3, -0.25) is 4.31 Å². The number of likely N-dealkylation sites (tertiary alicyclic amines) is 1. The van der Waals surface area contributed by atoms with E-state index >= 15 is 0 Å². The fourth-order valence-corrected chi connectivity index (χ4v) is 5.31. The standard InChI is InChI=1S/C22H28N2O5S/c1-27-19-6-8-20(9-7-19)30(25,26)24(14-13-23-11-3-2-4-12-23)18-5-10-21-22(17-18)29-16-15-28-21/h5-10,17H,2-4,11-16H2,1H3. The zero-order chi connectivity index (χ0) is 21.0. The predicted molar refractivity (Wildman–Crippen MR) is 115 cm³/mol. The lowest BCUT2D eigenvalue weighted by Gasteiger charge is -2.31. The lowest BCUT2D eigenvalue weighted by atomic mass is 10.1. The summed E-state index contributed by atoms with van der Waals surface area (Å²) in [5, 5.41) is 0. The van der Waals surface area contributed by atoms with E-state index in [0.29, 0.717) is 49.2 Å². The van der Waals surface area contributed by atoms with Gasteiger partial charge in [-0.05, 0) is 62.3 Å². The third kappa shape index (κ3) is 4.49. The minimum Gasteiger partial charge on any atom is -0.497 e. The van der Waals surface area contributed by atoms with Crippen molar-refractivity contribution in [1.29, 1.82) is 0 Å². The zero-order valence-corrected chi connectivity index (χ0v) is 18.1. The molecule has 0 radical (unpaired) electrons. The number of ether oxygens (including phenoxy) is 3. The maximum atomic E-state index is 13.6. The average Bonchev–Trinajstić information content (AvgIpc) is 2.79. The highest BCUT2D eigenvalue weighted by Gasteiger charge is 2.27. The van der Waals surface area contributed by atoms with Crippen molar-refractivity contribution in [3.8, 4) is 17.2 Å². The van der Waals surface area contributed by atoms with Crippen molar-refractivity contribution in [2.45, 2.75) is 24.2 Å². The summed E-state index contributed by atoms with van der Waals surface area (Å²) in [5.41, 5.74) is 0.576. The van der Waals surface area contributed by atoms with Gasteiger partial charge < -0.3 is 19.1 Å². The zero-order valence-electron chi connectivity index (χ0n) is 17.2. The van der Waals surface area contributed by atoms with E-state index in [4.69, 9.17) is 14.2 Å². The van der Waals surface area contributed by atoms with Crippen LogP contribution in [0.5, 0.6) is 17.2 Å². The molecule has 0 bridgehead atoms. The third-order valence-corrected chi connectivity index (χ3v) is 7.37. The summed E-state index contributed by atoms with van der Waals surface area (Å²) in [6.07, 6.45) is 3.57. The summed E-state index contributed by atoms with van der Waals surface area (Å²) >= 11 is 0. The summed E-state index contributed by atoms with van der Waals surface area (Å²) in [6, 6.07) is 11.8. The van der Waals surface area contributed by atoms with Gasteiger partial charge in [0.1, 0.15) is 19.0 Å². The van der Waals surface area contributed by atoms with Crippen molar-refractivity contribution in [2.75, 3.05) is 50.8 Å². The Balaban J connectivity index is 1.65. The fraction of sp³-hybridized carbons (Fsp3) is 0.455. The Bertz CT molecular complexity index is 956. The molecule has 30 heavy (non-hydrogen) atoms. The molecule has 2 aliphatic rings. The van der Waals surface area contributed by atoms with Crippen LogP contribution in [0.3, 0.4) is 0 Å². The van der Waals surface area contributed by atoms with Crippen molar-refractivity contribution in [3.05, 3.63) is 42.5 Å². The van der Waals surface area contributed by atoms with Crippen molar-refractivity contribution in [1.82, 2.24) is 4.90 Å². The molecule has 162 valence electrons. The van der Waals surface area contributed by atoms with Crippen molar-refractivity contribution in [3.63, 3.8) is 0 Å². The molecule has 4 rings (SSSR count). The Kier molecular flexibility index (Phi) is 6.34. The van der Waals surface area contributed by atoms with Crippen LogP contribution in [-0.4, -0.2) is 59.8 Å². The highest BCUT2D eigenvalue weighted by Crippen LogP contribution is 2.36. The number of fused-ring (bicyclic) bond motifs is 1. The summed E-state index contributed by atoms with van der Waals surface area (Å²) in [4.78, 5) is 2.56. The Labute approximate surface area is 178 Å². The smallest absolute Gasteiger partial charge is 0.264 e. The molecule has 2 heterocycles. The summed E-state index contributed by atoms with van der Waals surface area (Å²) < 4.78 is 45.1. The first-order chi connectivity index (χ1) is 14.6. The number of hydrogen-bond acceptors (Lipinski definition) is 6. The predicted octanol–water partition coefficient (Wildman–Crippen LogP) is 3.15. The first kappa shape index (κ1) is 20.8. The van der Waals surface area contributed by atoms with Gasteiger partial charge in [0.2, 0.25) is 0 Å². The number of anilines is 1. The minimum absolute atomic E-state index is 0.233. The second kappa shape index (κ2) is 9.14. The molecule has 0 aromatic heterocycles. The molecule has 2 aromatic carbocycles. The summed E-state index contributed by atoms with van der Waals surface area (Å²) in [7, 11) is -2.19. The molecule has 2 aliphatic heterocycles. The van der Waals surface area contributed by atoms with Crippen LogP contribution >= 0.6 is 0 Å². The van der Waals surface area contributed by atoms with Crippen LogP contribution in [0.2, 0.25) is 0 Å². The molecule has 7 nitrogen and oxygen atoms in total. The van der Waals surface area contributed by atoms with Gasteiger partial charge in [0, 0.05) is 19.2 Å². The van der Waals surface area contributed by atoms with Crippen molar-refractivity contribution >= 4 is 15.7 Å². The molecule has 0 N–H and O–H groups in total. The SMILES string of the molecule is COc1ccc(S(=O)(=O)N(CCN2CCCCC2)c2ccc3c(c2)OCCO3)cc1. The molecule has 1 fully saturated rings. The number of hydrogen-bond donors (Lipinski definition) is 0. The molecule has 1 saturated heterocycles. The van der Waals surface area contributed by atoms with Gasteiger partial charge in [-0.25, -0.2) is 8.42 Å². The van der Waals surface area contributed by atoms with Gasteiger partial charge in [-0.2, -0.15) is 0 Å². The number of benzene rings is 2. The first-order valence-electron chi connectivity index (χ1n) is 10.4. The second-order valence-electron chi connectivity index (χ2n) is 7.48. The van der Waals surface area contributed by atoms with Crippen LogP contribution in [0.1, 0.15) is 19.3 Å². The van der Waals surface area contributed by atoms with E-state index in [1.807, 2.05) is 0 Å². The van der Waals surface area contributed by atoms with Crippen molar-refractivity contribution in [2.24, 2.45) is 0 Å². The summed E-state index contributed by atoms with van der Waals surface area (Å²) in [5.74, 6) is 1.84. The molecule has 0 atom stereocenters. The quantitative estimate of drug-likeness (QED) is 0.670. The van der Waals surface area contributed by atoms with Crippen LogP contribution < -0.4 is 18.5 Å². The highest BCUT2D eigenvalue weighted by atomic mass is 32.2. The fourth-order valence-electron chi connectivity index (χ4n) is 3.87. The largest absolute Gasteiger partial charge is 0.497 e. The van der Waals surface area contributed by atoms with Gasteiger partial charge in [-0.1, -0.05) is 6.42 Å². The Morgan fingerprint density at radius 3 is 2.37 bits per heavy atom. The van der Waals surface area contributed by atoms with Crippen LogP contribution in [0, 0.1) is 0 Å².